The van der Waals surface area contributed by atoms with Crippen LogP contribution in [0.4, 0.5) is 5.69 Å². The zero-order chi connectivity index (χ0) is 20.4. The lowest BCUT2D eigenvalue weighted by Crippen LogP contribution is -2.58. The van der Waals surface area contributed by atoms with Gasteiger partial charge >= 0.3 is 0 Å². The number of carbonyl (C=O) groups excluding carboxylic acids is 2. The van der Waals surface area contributed by atoms with Crippen molar-refractivity contribution >= 4 is 17.5 Å². The molecule has 2 aromatic rings. The minimum absolute atomic E-state index is 0.0819. The number of aryl methyl sites for hydroxylation is 1. The number of hydrogen-bond acceptors (Lipinski definition) is 6. The molecule has 0 N–H and O–H groups in total. The van der Waals surface area contributed by atoms with Crippen LogP contribution in [0.3, 0.4) is 0 Å². The predicted octanol–water partition coefficient (Wildman–Crippen LogP) is 0.777. The average molecular weight is 398 g/mol. The molecular formula is C20H26N6O3. The molecule has 0 bridgehead atoms. The van der Waals surface area contributed by atoms with Gasteiger partial charge in [0.05, 0.1) is 25.0 Å². The molecule has 0 radical (unpaired) electrons. The van der Waals surface area contributed by atoms with E-state index in [0.29, 0.717) is 37.6 Å². The van der Waals surface area contributed by atoms with E-state index in [0.717, 1.165) is 25.1 Å². The molecule has 0 unspecified atom stereocenters. The van der Waals surface area contributed by atoms with Gasteiger partial charge in [0.15, 0.2) is 0 Å². The number of methoxy groups -OCH3 is 1. The molecule has 0 aliphatic carbocycles. The highest BCUT2D eigenvalue weighted by Crippen LogP contribution is 2.25. The van der Waals surface area contributed by atoms with E-state index in [1.165, 1.54) is 7.11 Å². The Morgan fingerprint density at radius 2 is 2.00 bits per heavy atom. The maximum Gasteiger partial charge on any atom is 0.259 e. The standard InChI is InChI=1S/C20H26N6O3/c1-23-14-15(13-22-23)26-8-4-6-17(20(26)28)24-9-11-25(12-10-24)19(27)16-5-3-7-21-18(16)29-2/h3,5,7,13-14,17H,4,6,8-12H2,1-2H3/t17-/m1/s1. The van der Waals surface area contributed by atoms with Gasteiger partial charge in [-0.1, -0.05) is 0 Å². The molecule has 0 aromatic carbocycles. The Hall–Kier alpha value is -2.94. The fraction of sp³-hybridized carbons (Fsp3) is 0.500. The molecule has 29 heavy (non-hydrogen) atoms. The van der Waals surface area contributed by atoms with E-state index in [9.17, 15) is 9.59 Å². The van der Waals surface area contributed by atoms with E-state index in [4.69, 9.17) is 4.74 Å². The van der Waals surface area contributed by atoms with Crippen molar-refractivity contribution in [3.8, 4) is 5.88 Å². The minimum Gasteiger partial charge on any atom is -0.480 e. The van der Waals surface area contributed by atoms with E-state index < -0.39 is 0 Å². The van der Waals surface area contributed by atoms with Gasteiger partial charge in [0, 0.05) is 52.2 Å². The minimum atomic E-state index is -0.144. The van der Waals surface area contributed by atoms with Gasteiger partial charge in [0.2, 0.25) is 11.8 Å². The summed E-state index contributed by atoms with van der Waals surface area (Å²) in [5.74, 6) is 0.383. The Kier molecular flexibility index (Phi) is 5.48. The smallest absolute Gasteiger partial charge is 0.259 e. The first-order valence-electron chi connectivity index (χ1n) is 9.91. The van der Waals surface area contributed by atoms with E-state index in [1.54, 1.807) is 29.2 Å². The number of anilines is 1. The van der Waals surface area contributed by atoms with Crippen LogP contribution in [-0.4, -0.2) is 82.3 Å². The van der Waals surface area contributed by atoms with E-state index in [-0.39, 0.29) is 17.9 Å². The van der Waals surface area contributed by atoms with Crippen molar-refractivity contribution in [3.05, 3.63) is 36.3 Å². The maximum absolute atomic E-state index is 13.1. The molecule has 0 spiro atoms. The van der Waals surface area contributed by atoms with Crippen LogP contribution < -0.4 is 9.64 Å². The number of piperidine rings is 1. The number of pyridine rings is 1. The fourth-order valence-electron chi connectivity index (χ4n) is 4.12. The summed E-state index contributed by atoms with van der Waals surface area (Å²) in [6, 6.07) is 3.32. The van der Waals surface area contributed by atoms with Crippen LogP contribution in [0.15, 0.2) is 30.7 Å². The highest BCUT2D eigenvalue weighted by molar-refractivity contribution is 5.98. The Bertz CT molecular complexity index is 890. The molecule has 2 aliphatic rings. The molecule has 0 saturated carbocycles. The van der Waals surface area contributed by atoms with E-state index in [2.05, 4.69) is 15.0 Å². The van der Waals surface area contributed by atoms with E-state index >= 15 is 0 Å². The summed E-state index contributed by atoms with van der Waals surface area (Å²) in [5, 5.41) is 4.19. The molecule has 154 valence electrons. The molecule has 9 nitrogen and oxygen atoms in total. The molecule has 2 aliphatic heterocycles. The lowest BCUT2D eigenvalue weighted by molar-refractivity contribution is -0.126. The topological polar surface area (TPSA) is 83.8 Å². The highest BCUT2D eigenvalue weighted by Gasteiger charge is 2.36. The molecule has 9 heteroatoms. The number of amides is 2. The number of rotatable bonds is 4. The largest absolute Gasteiger partial charge is 0.480 e. The van der Waals surface area contributed by atoms with Crippen molar-refractivity contribution in [2.75, 3.05) is 44.7 Å². The second-order valence-electron chi connectivity index (χ2n) is 7.41. The molecule has 2 aromatic heterocycles. The molecular weight excluding hydrogens is 372 g/mol. The molecule has 4 rings (SSSR count). The molecule has 4 heterocycles. The first-order chi connectivity index (χ1) is 14.1. The average Bonchev–Trinajstić information content (AvgIpc) is 3.19. The quantitative estimate of drug-likeness (QED) is 0.757. The monoisotopic (exact) mass is 398 g/mol. The van der Waals surface area contributed by atoms with Crippen LogP contribution in [0, 0.1) is 0 Å². The second kappa shape index (κ2) is 8.20. The molecule has 2 fully saturated rings. The third kappa shape index (κ3) is 3.82. The summed E-state index contributed by atoms with van der Waals surface area (Å²) in [5.41, 5.74) is 1.32. The normalized spacial score (nSPS) is 20.8. The van der Waals surface area contributed by atoms with Gasteiger partial charge in [-0.05, 0) is 25.0 Å². The Morgan fingerprint density at radius 3 is 2.69 bits per heavy atom. The zero-order valence-electron chi connectivity index (χ0n) is 16.8. The lowest BCUT2D eigenvalue weighted by atomic mass is 10.0. The van der Waals surface area contributed by atoms with Crippen molar-refractivity contribution < 1.29 is 14.3 Å². The van der Waals surface area contributed by atoms with Crippen LogP contribution >= 0.6 is 0 Å². The van der Waals surface area contributed by atoms with Gasteiger partial charge in [-0.2, -0.15) is 5.10 Å². The Morgan fingerprint density at radius 1 is 1.21 bits per heavy atom. The van der Waals surface area contributed by atoms with Crippen LogP contribution in [-0.2, 0) is 11.8 Å². The van der Waals surface area contributed by atoms with Crippen molar-refractivity contribution in [2.24, 2.45) is 7.05 Å². The van der Waals surface area contributed by atoms with Crippen LogP contribution in [0.25, 0.3) is 0 Å². The number of piperazine rings is 1. The van der Waals surface area contributed by atoms with Crippen molar-refractivity contribution in [1.82, 2.24) is 24.6 Å². The molecule has 2 amide bonds. The van der Waals surface area contributed by atoms with Crippen molar-refractivity contribution in [1.29, 1.82) is 0 Å². The lowest BCUT2D eigenvalue weighted by Gasteiger charge is -2.42. The second-order valence-corrected chi connectivity index (χ2v) is 7.41. The summed E-state index contributed by atoms with van der Waals surface area (Å²) in [7, 11) is 3.36. The third-order valence-corrected chi connectivity index (χ3v) is 5.65. The Balaban J connectivity index is 1.40. The van der Waals surface area contributed by atoms with Gasteiger partial charge in [0.1, 0.15) is 5.56 Å². The Labute approximate surface area is 169 Å². The fourth-order valence-corrected chi connectivity index (χ4v) is 4.12. The predicted molar refractivity (Wildman–Crippen MR) is 107 cm³/mol. The van der Waals surface area contributed by atoms with Gasteiger partial charge in [-0.3, -0.25) is 19.2 Å². The van der Waals surface area contributed by atoms with Crippen LogP contribution in [0.1, 0.15) is 23.2 Å². The third-order valence-electron chi connectivity index (χ3n) is 5.65. The van der Waals surface area contributed by atoms with Gasteiger partial charge in [-0.25, -0.2) is 4.98 Å². The molecule has 2 saturated heterocycles. The van der Waals surface area contributed by atoms with Gasteiger partial charge in [0.25, 0.3) is 5.91 Å². The van der Waals surface area contributed by atoms with Crippen LogP contribution in [0.5, 0.6) is 5.88 Å². The zero-order valence-corrected chi connectivity index (χ0v) is 16.8. The first-order valence-corrected chi connectivity index (χ1v) is 9.91. The summed E-state index contributed by atoms with van der Waals surface area (Å²) in [4.78, 5) is 35.9. The first kappa shape index (κ1) is 19.4. The van der Waals surface area contributed by atoms with E-state index in [1.807, 2.05) is 23.0 Å². The summed E-state index contributed by atoms with van der Waals surface area (Å²) in [6.45, 7) is 3.22. The maximum atomic E-state index is 13.1. The summed E-state index contributed by atoms with van der Waals surface area (Å²) in [6.07, 6.45) is 7.02. The van der Waals surface area contributed by atoms with Crippen LogP contribution in [0.2, 0.25) is 0 Å². The number of nitrogens with zero attached hydrogens (tertiary/aromatic N) is 6. The number of carbonyl (C=O) groups is 2. The summed E-state index contributed by atoms with van der Waals surface area (Å²) < 4.78 is 6.93. The van der Waals surface area contributed by atoms with Crippen molar-refractivity contribution in [2.45, 2.75) is 18.9 Å². The number of ether oxygens (including phenoxy) is 1. The number of aromatic nitrogens is 3. The van der Waals surface area contributed by atoms with Gasteiger partial charge < -0.3 is 14.5 Å². The number of hydrogen-bond donors (Lipinski definition) is 0. The van der Waals surface area contributed by atoms with Crippen molar-refractivity contribution in [3.63, 3.8) is 0 Å². The van der Waals surface area contributed by atoms with Gasteiger partial charge in [-0.15, -0.1) is 0 Å². The molecule has 1 atom stereocenters. The highest BCUT2D eigenvalue weighted by atomic mass is 16.5. The summed E-state index contributed by atoms with van der Waals surface area (Å²) >= 11 is 0. The SMILES string of the molecule is COc1ncccc1C(=O)N1CCN([C@@H]2CCCN(c3cnn(C)c3)C2=O)CC1.